The molecule has 0 amide bonds. The molecule has 20 heavy (non-hydrogen) atoms. The zero-order valence-corrected chi connectivity index (χ0v) is 12.0. The lowest BCUT2D eigenvalue weighted by molar-refractivity contribution is 0.0885. The summed E-state index contributed by atoms with van der Waals surface area (Å²) in [4.78, 5) is 14.1. The molecule has 0 bridgehead atoms. The zero-order valence-electron chi connectivity index (χ0n) is 12.0. The van der Waals surface area contributed by atoms with Crippen LogP contribution in [0.1, 0.15) is 43.0 Å². The van der Waals surface area contributed by atoms with Gasteiger partial charge in [0.05, 0.1) is 12.1 Å². The van der Waals surface area contributed by atoms with Crippen LogP contribution in [0, 0.1) is 17.6 Å². The third-order valence-electron chi connectivity index (χ3n) is 4.23. The number of Topliss-reactive ketones (excluding diaryl/α,β-unsaturated/α-hetero) is 1. The first kappa shape index (κ1) is 15.1. The van der Waals surface area contributed by atoms with E-state index in [1.54, 1.807) is 0 Å². The fourth-order valence-electron chi connectivity index (χ4n) is 2.84. The van der Waals surface area contributed by atoms with E-state index in [2.05, 4.69) is 6.92 Å². The number of carbonyl (C=O) groups excluding carboxylic acids is 1. The summed E-state index contributed by atoms with van der Waals surface area (Å²) in [5.74, 6) is -0.970. The number of benzene rings is 1. The summed E-state index contributed by atoms with van der Waals surface area (Å²) in [6, 6.07) is 3.50. The van der Waals surface area contributed by atoms with E-state index in [-0.39, 0.29) is 17.9 Å². The highest BCUT2D eigenvalue weighted by Gasteiger charge is 2.24. The predicted octanol–water partition coefficient (Wildman–Crippen LogP) is 3.66. The first-order chi connectivity index (χ1) is 9.47. The fraction of sp³-hybridized carbons (Fsp3) is 0.562. The molecule has 4 heteroatoms. The van der Waals surface area contributed by atoms with Crippen molar-refractivity contribution in [2.24, 2.45) is 5.92 Å². The van der Waals surface area contributed by atoms with Gasteiger partial charge in [0.2, 0.25) is 0 Å². The first-order valence-corrected chi connectivity index (χ1v) is 7.16. The Labute approximate surface area is 118 Å². The summed E-state index contributed by atoms with van der Waals surface area (Å²) in [5.41, 5.74) is -0.0255. The third-order valence-corrected chi connectivity index (χ3v) is 4.23. The molecule has 2 nitrogen and oxygen atoms in total. The summed E-state index contributed by atoms with van der Waals surface area (Å²) >= 11 is 0. The molecule has 1 fully saturated rings. The maximum Gasteiger partial charge on any atom is 0.179 e. The van der Waals surface area contributed by atoms with Gasteiger partial charge < -0.3 is 0 Å². The smallest absolute Gasteiger partial charge is 0.179 e. The number of carbonyl (C=O) groups is 1. The molecule has 0 radical (unpaired) electrons. The van der Waals surface area contributed by atoms with Crippen molar-refractivity contribution in [2.75, 3.05) is 13.6 Å². The van der Waals surface area contributed by atoms with Crippen molar-refractivity contribution in [1.82, 2.24) is 4.90 Å². The van der Waals surface area contributed by atoms with Gasteiger partial charge in [0.1, 0.15) is 11.6 Å². The summed E-state index contributed by atoms with van der Waals surface area (Å²) in [6.07, 6.45) is 4.51. The zero-order chi connectivity index (χ0) is 14.7. The van der Waals surface area contributed by atoms with Crippen LogP contribution in [0.4, 0.5) is 8.78 Å². The quantitative estimate of drug-likeness (QED) is 0.785. The average molecular weight is 281 g/mol. The Balaban J connectivity index is 1.97. The van der Waals surface area contributed by atoms with E-state index in [1.165, 1.54) is 18.9 Å². The normalized spacial score (nSPS) is 23.1. The molecule has 0 heterocycles. The highest BCUT2D eigenvalue weighted by Crippen LogP contribution is 2.26. The topological polar surface area (TPSA) is 20.3 Å². The van der Waals surface area contributed by atoms with Crippen molar-refractivity contribution in [1.29, 1.82) is 0 Å². The maximum atomic E-state index is 13.6. The monoisotopic (exact) mass is 281 g/mol. The highest BCUT2D eigenvalue weighted by molar-refractivity contribution is 5.97. The van der Waals surface area contributed by atoms with Gasteiger partial charge in [-0.1, -0.05) is 6.92 Å². The molecular formula is C16H21F2NO. The number of nitrogens with zero attached hydrogens (tertiary/aromatic N) is 1. The maximum absolute atomic E-state index is 13.6. The van der Waals surface area contributed by atoms with E-state index >= 15 is 0 Å². The fourth-order valence-corrected chi connectivity index (χ4v) is 2.84. The van der Waals surface area contributed by atoms with Crippen molar-refractivity contribution in [3.05, 3.63) is 35.4 Å². The highest BCUT2D eigenvalue weighted by atomic mass is 19.1. The van der Waals surface area contributed by atoms with Crippen LogP contribution in [0.15, 0.2) is 18.2 Å². The molecular weight excluding hydrogens is 260 g/mol. The van der Waals surface area contributed by atoms with Gasteiger partial charge in [0, 0.05) is 12.1 Å². The van der Waals surface area contributed by atoms with Crippen LogP contribution in [0.5, 0.6) is 0 Å². The summed E-state index contributed by atoms with van der Waals surface area (Å²) < 4.78 is 26.4. The number of halogens is 2. The molecule has 1 saturated carbocycles. The van der Waals surface area contributed by atoms with Crippen molar-refractivity contribution >= 4 is 5.78 Å². The van der Waals surface area contributed by atoms with Crippen molar-refractivity contribution in [3.63, 3.8) is 0 Å². The minimum atomic E-state index is -0.777. The van der Waals surface area contributed by atoms with E-state index in [0.29, 0.717) is 6.04 Å². The second kappa shape index (κ2) is 6.44. The Morgan fingerprint density at radius 1 is 1.25 bits per heavy atom. The Morgan fingerprint density at radius 3 is 2.50 bits per heavy atom. The summed E-state index contributed by atoms with van der Waals surface area (Å²) in [7, 11) is 1.90. The molecule has 0 aromatic heterocycles. The molecule has 2 rings (SSSR count). The van der Waals surface area contributed by atoms with Crippen LogP contribution in [-0.2, 0) is 0 Å². The van der Waals surface area contributed by atoms with Crippen LogP contribution >= 0.6 is 0 Å². The van der Waals surface area contributed by atoms with Crippen LogP contribution in [-0.4, -0.2) is 30.3 Å². The molecule has 0 atom stereocenters. The Kier molecular flexibility index (Phi) is 4.86. The Hall–Kier alpha value is -1.29. The number of hydrogen-bond acceptors (Lipinski definition) is 2. The van der Waals surface area contributed by atoms with Gasteiger partial charge in [0.15, 0.2) is 5.78 Å². The number of likely N-dealkylation sites (N-methyl/N-ethyl adjacent to an activating group) is 1. The van der Waals surface area contributed by atoms with Gasteiger partial charge >= 0.3 is 0 Å². The van der Waals surface area contributed by atoms with Crippen LogP contribution < -0.4 is 0 Å². The van der Waals surface area contributed by atoms with Crippen LogP contribution in [0.3, 0.4) is 0 Å². The summed E-state index contributed by atoms with van der Waals surface area (Å²) in [5, 5.41) is 0. The lowest BCUT2D eigenvalue weighted by atomic mass is 9.86. The standard InChI is InChI=1S/C16H21F2NO/c1-11-3-6-13(7-4-11)19(2)10-16(20)14-8-5-12(17)9-15(14)18/h5,8-9,11,13H,3-4,6-7,10H2,1-2H3. The lowest BCUT2D eigenvalue weighted by Gasteiger charge is -2.33. The van der Waals surface area contributed by atoms with E-state index in [4.69, 9.17) is 0 Å². The van der Waals surface area contributed by atoms with Gasteiger partial charge in [0.25, 0.3) is 0 Å². The minimum Gasteiger partial charge on any atom is -0.296 e. The molecule has 110 valence electrons. The minimum absolute atomic E-state index is 0.0255. The van der Waals surface area contributed by atoms with Gasteiger partial charge in [-0.25, -0.2) is 8.78 Å². The van der Waals surface area contributed by atoms with Crippen molar-refractivity contribution in [3.8, 4) is 0 Å². The number of hydrogen-bond donors (Lipinski definition) is 0. The largest absolute Gasteiger partial charge is 0.296 e. The van der Waals surface area contributed by atoms with E-state index in [9.17, 15) is 13.6 Å². The van der Waals surface area contributed by atoms with E-state index in [1.807, 2.05) is 11.9 Å². The molecule has 0 unspecified atom stereocenters. The van der Waals surface area contributed by atoms with E-state index in [0.717, 1.165) is 30.9 Å². The molecule has 0 saturated heterocycles. The SMILES string of the molecule is CC1CCC(N(C)CC(=O)c2ccc(F)cc2F)CC1. The second-order valence-corrected chi connectivity index (χ2v) is 5.88. The summed E-state index contributed by atoms with van der Waals surface area (Å²) in [6.45, 7) is 2.43. The molecule has 0 N–H and O–H groups in total. The predicted molar refractivity (Wildman–Crippen MR) is 74.7 cm³/mol. The number of ketones is 1. The van der Waals surface area contributed by atoms with Gasteiger partial charge in [-0.15, -0.1) is 0 Å². The van der Waals surface area contributed by atoms with Gasteiger partial charge in [-0.3, -0.25) is 9.69 Å². The third kappa shape index (κ3) is 3.63. The first-order valence-electron chi connectivity index (χ1n) is 7.16. The van der Waals surface area contributed by atoms with Crippen molar-refractivity contribution < 1.29 is 13.6 Å². The van der Waals surface area contributed by atoms with E-state index < -0.39 is 11.6 Å². The molecule has 1 aromatic carbocycles. The molecule has 0 spiro atoms. The molecule has 1 aliphatic carbocycles. The van der Waals surface area contributed by atoms with Gasteiger partial charge in [-0.05, 0) is 50.8 Å². The lowest BCUT2D eigenvalue weighted by Crippen LogP contribution is -2.38. The molecule has 0 aliphatic heterocycles. The van der Waals surface area contributed by atoms with Crippen LogP contribution in [0.2, 0.25) is 0 Å². The van der Waals surface area contributed by atoms with Gasteiger partial charge in [-0.2, -0.15) is 0 Å². The molecule has 1 aromatic rings. The average Bonchev–Trinajstić information content (AvgIpc) is 2.39. The Morgan fingerprint density at radius 2 is 1.90 bits per heavy atom. The van der Waals surface area contributed by atoms with Crippen LogP contribution in [0.25, 0.3) is 0 Å². The van der Waals surface area contributed by atoms with Crippen molar-refractivity contribution in [2.45, 2.75) is 38.6 Å². The second-order valence-electron chi connectivity index (χ2n) is 5.88. The molecule has 1 aliphatic rings. The number of rotatable bonds is 4. The Bertz CT molecular complexity index is 481.